The molecule has 174 valence electrons. The number of sulfonamides is 1. The number of esters is 1. The minimum atomic E-state index is -3.87. The third-order valence-corrected chi connectivity index (χ3v) is 6.15. The van der Waals surface area contributed by atoms with E-state index in [0.717, 1.165) is 10.6 Å². The average Bonchev–Trinajstić information content (AvgIpc) is 2.74. The van der Waals surface area contributed by atoms with E-state index in [1.165, 1.54) is 46.5 Å². The molecule has 0 aromatic heterocycles. The molecule has 0 saturated heterocycles. The zero-order valence-electron chi connectivity index (χ0n) is 18.6. The molecule has 0 heterocycles. The summed E-state index contributed by atoms with van der Waals surface area (Å²) >= 11 is 6.06. The molecule has 0 bridgehead atoms. The Kier molecular flexibility index (Phi) is 7.97. The van der Waals surface area contributed by atoms with Gasteiger partial charge in [0.1, 0.15) is 6.04 Å². The highest BCUT2D eigenvalue weighted by Crippen LogP contribution is 2.34. The lowest BCUT2D eigenvalue weighted by Crippen LogP contribution is -2.45. The van der Waals surface area contributed by atoms with Crippen molar-refractivity contribution in [3.05, 3.63) is 46.5 Å². The van der Waals surface area contributed by atoms with E-state index in [9.17, 15) is 18.0 Å². The van der Waals surface area contributed by atoms with Crippen LogP contribution in [0.2, 0.25) is 5.02 Å². The second-order valence-electron chi connectivity index (χ2n) is 6.90. The van der Waals surface area contributed by atoms with Gasteiger partial charge in [-0.05, 0) is 31.5 Å². The second-order valence-corrected chi connectivity index (χ2v) is 9.20. The Morgan fingerprint density at radius 3 is 2.19 bits per heavy atom. The fourth-order valence-electron chi connectivity index (χ4n) is 3.10. The summed E-state index contributed by atoms with van der Waals surface area (Å²) in [6.07, 6.45) is 0.993. The summed E-state index contributed by atoms with van der Waals surface area (Å²) in [5.41, 5.74) is 0.960. The van der Waals surface area contributed by atoms with E-state index in [2.05, 4.69) is 5.32 Å². The van der Waals surface area contributed by atoms with Crippen LogP contribution in [-0.2, 0) is 19.6 Å². The average molecular weight is 485 g/mol. The van der Waals surface area contributed by atoms with Crippen LogP contribution >= 0.6 is 11.6 Å². The summed E-state index contributed by atoms with van der Waals surface area (Å²) in [6.45, 7) is 3.13. The maximum Gasteiger partial charge on any atom is 0.340 e. The number of nitrogens with zero attached hydrogens (tertiary/aromatic N) is 1. The van der Waals surface area contributed by atoms with Gasteiger partial charge in [0.2, 0.25) is 15.9 Å². The highest BCUT2D eigenvalue weighted by Gasteiger charge is 2.31. The summed E-state index contributed by atoms with van der Waals surface area (Å²) in [4.78, 5) is 25.4. The van der Waals surface area contributed by atoms with Gasteiger partial charge >= 0.3 is 5.97 Å². The molecule has 2 aromatic carbocycles. The van der Waals surface area contributed by atoms with E-state index in [1.807, 2.05) is 0 Å². The number of methoxy groups -OCH3 is 3. The van der Waals surface area contributed by atoms with E-state index in [1.54, 1.807) is 19.1 Å². The molecular weight excluding hydrogens is 460 g/mol. The van der Waals surface area contributed by atoms with Crippen LogP contribution in [0.3, 0.4) is 0 Å². The van der Waals surface area contributed by atoms with Crippen molar-refractivity contribution in [3.63, 3.8) is 0 Å². The predicted molar refractivity (Wildman–Crippen MR) is 122 cm³/mol. The van der Waals surface area contributed by atoms with Crippen LogP contribution in [0.15, 0.2) is 30.3 Å². The quantitative estimate of drug-likeness (QED) is 0.572. The lowest BCUT2D eigenvalue weighted by atomic mass is 10.1. The molecule has 2 rings (SSSR count). The summed E-state index contributed by atoms with van der Waals surface area (Å²) < 4.78 is 41.4. The molecule has 0 saturated carbocycles. The monoisotopic (exact) mass is 484 g/mol. The normalized spacial score (nSPS) is 12.0. The van der Waals surface area contributed by atoms with Gasteiger partial charge in [-0.15, -0.1) is 0 Å². The number of aryl methyl sites for hydroxylation is 1. The number of nitrogens with one attached hydrogen (secondary N) is 1. The van der Waals surface area contributed by atoms with E-state index in [0.29, 0.717) is 10.6 Å². The predicted octanol–water partition coefficient (Wildman–Crippen LogP) is 3.25. The summed E-state index contributed by atoms with van der Waals surface area (Å²) in [6, 6.07) is 6.33. The first-order valence-corrected chi connectivity index (χ1v) is 11.6. The molecular formula is C21H25ClN2O7S. The zero-order chi connectivity index (χ0) is 24.2. The minimum absolute atomic E-state index is 0.00976. The first-order chi connectivity index (χ1) is 14.9. The Morgan fingerprint density at radius 2 is 1.66 bits per heavy atom. The first-order valence-electron chi connectivity index (χ1n) is 9.35. The Hall–Kier alpha value is -2.98. The highest BCUT2D eigenvalue weighted by molar-refractivity contribution is 7.92. The summed E-state index contributed by atoms with van der Waals surface area (Å²) in [7, 11) is 0.124. The molecule has 0 spiro atoms. The number of hydrogen-bond acceptors (Lipinski definition) is 7. The fraction of sp³-hybridized carbons (Fsp3) is 0.333. The standard InChI is InChI=1S/C21H25ClN2O7S/c1-12-7-8-14(22)9-17(12)24(32(6,27)28)13(2)20(25)23-16-11-19(30-4)18(29-3)10-15(16)21(26)31-5/h7-11,13H,1-6H3,(H,23,25). The summed E-state index contributed by atoms with van der Waals surface area (Å²) in [5, 5.41) is 2.91. The zero-order valence-corrected chi connectivity index (χ0v) is 20.1. The van der Waals surface area contributed by atoms with Crippen LogP contribution < -0.4 is 19.1 Å². The molecule has 11 heteroatoms. The van der Waals surface area contributed by atoms with Crippen molar-refractivity contribution in [2.75, 3.05) is 37.2 Å². The number of ether oxygens (including phenoxy) is 3. The van der Waals surface area contributed by atoms with Gasteiger partial charge in [0.05, 0.1) is 44.5 Å². The van der Waals surface area contributed by atoms with Crippen molar-refractivity contribution < 1.29 is 32.2 Å². The van der Waals surface area contributed by atoms with Crippen molar-refractivity contribution in [2.45, 2.75) is 19.9 Å². The van der Waals surface area contributed by atoms with E-state index < -0.39 is 27.9 Å². The van der Waals surface area contributed by atoms with Gasteiger partial charge in [-0.2, -0.15) is 0 Å². The van der Waals surface area contributed by atoms with Gasteiger partial charge in [-0.25, -0.2) is 13.2 Å². The Bertz CT molecular complexity index is 1140. The van der Waals surface area contributed by atoms with E-state index >= 15 is 0 Å². The van der Waals surface area contributed by atoms with E-state index in [4.69, 9.17) is 25.8 Å². The van der Waals surface area contributed by atoms with Crippen LogP contribution in [0.5, 0.6) is 11.5 Å². The molecule has 0 fully saturated rings. The SMILES string of the molecule is COC(=O)c1cc(OC)c(OC)cc1NC(=O)C(C)N(c1cc(Cl)ccc1C)S(C)(=O)=O. The van der Waals surface area contributed by atoms with Gasteiger partial charge in [-0.1, -0.05) is 17.7 Å². The molecule has 0 radical (unpaired) electrons. The molecule has 1 unspecified atom stereocenters. The van der Waals surface area contributed by atoms with Crippen molar-refractivity contribution in [1.82, 2.24) is 0 Å². The second kappa shape index (κ2) is 10.1. The molecule has 0 aliphatic heterocycles. The van der Waals surface area contributed by atoms with Gasteiger partial charge < -0.3 is 19.5 Å². The topological polar surface area (TPSA) is 111 Å². The van der Waals surface area contributed by atoms with Gasteiger partial charge in [-0.3, -0.25) is 9.10 Å². The highest BCUT2D eigenvalue weighted by atomic mass is 35.5. The molecule has 2 aromatic rings. The lowest BCUT2D eigenvalue weighted by Gasteiger charge is -2.29. The van der Waals surface area contributed by atoms with E-state index in [-0.39, 0.29) is 28.4 Å². The van der Waals surface area contributed by atoms with Crippen molar-refractivity contribution in [2.24, 2.45) is 0 Å². The molecule has 0 aliphatic rings. The van der Waals surface area contributed by atoms with Gasteiger partial charge in [0, 0.05) is 17.2 Å². The Labute approximate surface area is 192 Å². The molecule has 0 aliphatic carbocycles. The van der Waals surface area contributed by atoms with Crippen LogP contribution in [0.1, 0.15) is 22.8 Å². The molecule has 32 heavy (non-hydrogen) atoms. The number of rotatable bonds is 8. The number of carbonyl (C=O) groups is 2. The molecule has 9 nitrogen and oxygen atoms in total. The van der Waals surface area contributed by atoms with Crippen molar-refractivity contribution in [3.8, 4) is 11.5 Å². The maximum absolute atomic E-state index is 13.1. The van der Waals surface area contributed by atoms with Crippen LogP contribution in [0, 0.1) is 6.92 Å². The van der Waals surface area contributed by atoms with Crippen LogP contribution in [-0.4, -0.2) is 53.9 Å². The van der Waals surface area contributed by atoms with Crippen molar-refractivity contribution in [1.29, 1.82) is 0 Å². The number of anilines is 2. The first kappa shape index (κ1) is 25.3. The number of benzene rings is 2. The number of carbonyl (C=O) groups excluding carboxylic acids is 2. The maximum atomic E-state index is 13.1. The molecule has 1 amide bonds. The van der Waals surface area contributed by atoms with Crippen molar-refractivity contribution >= 4 is 44.9 Å². The third-order valence-electron chi connectivity index (χ3n) is 4.68. The minimum Gasteiger partial charge on any atom is -0.493 e. The number of hydrogen-bond donors (Lipinski definition) is 1. The Morgan fingerprint density at radius 1 is 1.06 bits per heavy atom. The van der Waals surface area contributed by atoms with Gasteiger partial charge in [0.15, 0.2) is 11.5 Å². The number of amides is 1. The summed E-state index contributed by atoms with van der Waals surface area (Å²) in [5.74, 6) is -0.897. The lowest BCUT2D eigenvalue weighted by molar-refractivity contribution is -0.116. The number of halogens is 1. The fourth-order valence-corrected chi connectivity index (χ4v) is 4.49. The Balaban J connectivity index is 2.52. The largest absolute Gasteiger partial charge is 0.493 e. The third kappa shape index (κ3) is 5.43. The van der Waals surface area contributed by atoms with Gasteiger partial charge in [0.25, 0.3) is 0 Å². The molecule has 1 N–H and O–H groups in total. The van der Waals surface area contributed by atoms with Crippen LogP contribution in [0.4, 0.5) is 11.4 Å². The smallest absolute Gasteiger partial charge is 0.340 e. The van der Waals surface area contributed by atoms with Crippen LogP contribution in [0.25, 0.3) is 0 Å². The molecule has 1 atom stereocenters.